The molecule has 1 aliphatic heterocycles. The van der Waals surface area contributed by atoms with Crippen molar-refractivity contribution in [2.75, 3.05) is 24.7 Å². The minimum atomic E-state index is -0.916. The zero-order valence-corrected chi connectivity index (χ0v) is 17.0. The molecule has 1 N–H and O–H groups in total. The summed E-state index contributed by atoms with van der Waals surface area (Å²) in [5.41, 5.74) is 2.50. The van der Waals surface area contributed by atoms with Gasteiger partial charge in [0.2, 0.25) is 0 Å². The van der Waals surface area contributed by atoms with Crippen molar-refractivity contribution in [3.05, 3.63) is 54.4 Å². The van der Waals surface area contributed by atoms with Gasteiger partial charge in [-0.2, -0.15) is 0 Å². The van der Waals surface area contributed by atoms with E-state index in [1.807, 2.05) is 46.8 Å². The van der Waals surface area contributed by atoms with Crippen LogP contribution in [-0.4, -0.2) is 43.9 Å². The third kappa shape index (κ3) is 4.56. The Hall–Kier alpha value is -2.95. The highest BCUT2D eigenvalue weighted by Gasteiger charge is 2.22. The minimum Gasteiger partial charge on any atom is -0.490 e. The fourth-order valence-corrected chi connectivity index (χ4v) is 4.16. The molecule has 29 heavy (non-hydrogen) atoms. The summed E-state index contributed by atoms with van der Waals surface area (Å²) in [6.45, 7) is 1.56. The van der Waals surface area contributed by atoms with Crippen molar-refractivity contribution in [1.29, 1.82) is 0 Å². The van der Waals surface area contributed by atoms with E-state index in [0.717, 1.165) is 53.8 Å². The highest BCUT2D eigenvalue weighted by Crippen LogP contribution is 2.28. The maximum Gasteiger partial charge on any atom is 0.141 e. The summed E-state index contributed by atoms with van der Waals surface area (Å²) in [6, 6.07) is 13.5. The van der Waals surface area contributed by atoms with E-state index in [0.29, 0.717) is 5.82 Å². The van der Waals surface area contributed by atoms with Crippen LogP contribution in [0.15, 0.2) is 48.8 Å². The van der Waals surface area contributed by atoms with Crippen LogP contribution in [0.2, 0.25) is 0 Å². The summed E-state index contributed by atoms with van der Waals surface area (Å²) in [5, 5.41) is 4.21. The molecule has 1 unspecified atom stereocenters. The summed E-state index contributed by atoms with van der Waals surface area (Å²) in [7, 11) is -0.916. The molecule has 6 nitrogen and oxygen atoms in total. The van der Waals surface area contributed by atoms with Crippen LogP contribution < -0.4 is 10.1 Å². The maximum absolute atomic E-state index is 11.6. The van der Waals surface area contributed by atoms with Crippen LogP contribution in [0.3, 0.4) is 0 Å². The maximum atomic E-state index is 11.6. The van der Waals surface area contributed by atoms with E-state index in [4.69, 9.17) is 11.2 Å². The van der Waals surface area contributed by atoms with Crippen LogP contribution in [0.1, 0.15) is 18.4 Å². The molecule has 1 aromatic heterocycles. The van der Waals surface area contributed by atoms with Crippen LogP contribution in [0.25, 0.3) is 10.9 Å². The van der Waals surface area contributed by atoms with Crippen LogP contribution in [0.4, 0.5) is 11.5 Å². The number of benzene rings is 2. The number of ether oxygens (including phenoxy) is 1. The van der Waals surface area contributed by atoms with Crippen molar-refractivity contribution in [2.45, 2.75) is 18.9 Å². The summed E-state index contributed by atoms with van der Waals surface area (Å²) in [5.74, 6) is 4.12. The molecule has 4 rings (SSSR count). The van der Waals surface area contributed by atoms with Crippen LogP contribution in [-0.2, 0) is 11.0 Å². The molecule has 7 heteroatoms. The molecule has 0 radical (unpaired) electrons. The predicted molar refractivity (Wildman–Crippen MR) is 116 cm³/mol. The van der Waals surface area contributed by atoms with Gasteiger partial charge in [0.05, 0.1) is 16.5 Å². The number of aromatic nitrogens is 2. The molecule has 0 bridgehead atoms. The zero-order chi connectivity index (χ0) is 20.2. The lowest BCUT2D eigenvalue weighted by Crippen LogP contribution is -2.38. The molecule has 1 fully saturated rings. The average molecular weight is 407 g/mol. The topological polar surface area (TPSA) is 67.4 Å². The second-order valence-corrected chi connectivity index (χ2v) is 8.29. The SMILES string of the molecule is C#Cc1cccc(Nc2ncnc3ccc(OC4CCN(S(C)=O)CC4)cc23)c1. The van der Waals surface area contributed by atoms with E-state index in [-0.39, 0.29) is 6.10 Å². The molecule has 0 aliphatic carbocycles. The molecule has 0 saturated carbocycles. The Morgan fingerprint density at radius 2 is 2.03 bits per heavy atom. The lowest BCUT2D eigenvalue weighted by molar-refractivity contribution is 0.137. The molecule has 0 spiro atoms. The first kappa shape index (κ1) is 19.4. The second kappa shape index (κ2) is 8.60. The number of anilines is 2. The first-order valence-electron chi connectivity index (χ1n) is 9.46. The Bertz CT molecular complexity index is 1090. The van der Waals surface area contributed by atoms with Gasteiger partial charge < -0.3 is 10.1 Å². The summed E-state index contributed by atoms with van der Waals surface area (Å²) in [6.07, 6.45) is 10.6. The lowest BCUT2D eigenvalue weighted by Gasteiger charge is -2.30. The standard InChI is InChI=1S/C22H22N4O2S/c1-3-16-5-4-6-17(13-16)25-22-20-14-19(7-8-21(20)23-15-24-22)28-18-9-11-26(12-10-18)29(2)27/h1,4-8,13-15,18H,9-12H2,2H3,(H,23,24,25). The van der Waals surface area contributed by atoms with Crippen molar-refractivity contribution < 1.29 is 8.95 Å². The molecule has 3 aromatic rings. The second-order valence-electron chi connectivity index (χ2n) is 6.92. The number of hydrogen-bond acceptors (Lipinski definition) is 5. The molecule has 1 atom stereocenters. The largest absolute Gasteiger partial charge is 0.490 e. The first-order chi connectivity index (χ1) is 14.1. The van der Waals surface area contributed by atoms with Gasteiger partial charge in [-0.3, -0.25) is 0 Å². The van der Waals surface area contributed by atoms with E-state index >= 15 is 0 Å². The van der Waals surface area contributed by atoms with Gasteiger partial charge in [-0.15, -0.1) is 6.42 Å². The van der Waals surface area contributed by atoms with Crippen LogP contribution in [0, 0.1) is 12.3 Å². The normalized spacial score (nSPS) is 16.3. The number of nitrogens with zero attached hydrogens (tertiary/aromatic N) is 3. The number of terminal acetylenes is 1. The molecular formula is C22H22N4O2S. The first-order valence-corrected chi connectivity index (χ1v) is 11.0. The van der Waals surface area contributed by atoms with E-state index in [1.54, 1.807) is 6.26 Å². The number of rotatable bonds is 5. The van der Waals surface area contributed by atoms with Crippen LogP contribution >= 0.6 is 0 Å². The van der Waals surface area contributed by atoms with E-state index in [9.17, 15) is 4.21 Å². The monoisotopic (exact) mass is 406 g/mol. The van der Waals surface area contributed by atoms with Gasteiger partial charge in [-0.25, -0.2) is 18.5 Å². The fourth-order valence-electron chi connectivity index (χ4n) is 3.43. The van der Waals surface area contributed by atoms with E-state index < -0.39 is 11.0 Å². The van der Waals surface area contributed by atoms with Gasteiger partial charge in [0.15, 0.2) is 0 Å². The lowest BCUT2D eigenvalue weighted by atomic mass is 10.1. The molecule has 2 heterocycles. The Kier molecular flexibility index (Phi) is 5.74. The van der Waals surface area contributed by atoms with Gasteiger partial charge >= 0.3 is 0 Å². The number of hydrogen-bond donors (Lipinski definition) is 1. The molecule has 0 amide bonds. The van der Waals surface area contributed by atoms with Gasteiger partial charge in [0, 0.05) is 36.0 Å². The Morgan fingerprint density at radius 1 is 1.21 bits per heavy atom. The predicted octanol–water partition coefficient (Wildman–Crippen LogP) is 3.49. The quantitative estimate of drug-likeness (QED) is 0.657. The van der Waals surface area contributed by atoms with Gasteiger partial charge in [-0.05, 0) is 49.2 Å². The van der Waals surface area contributed by atoms with Crippen molar-refractivity contribution in [3.63, 3.8) is 0 Å². The zero-order valence-electron chi connectivity index (χ0n) is 16.2. The van der Waals surface area contributed by atoms with Crippen molar-refractivity contribution >= 4 is 33.4 Å². The van der Waals surface area contributed by atoms with Crippen LogP contribution in [0.5, 0.6) is 5.75 Å². The van der Waals surface area contributed by atoms with Crippen molar-refractivity contribution in [2.24, 2.45) is 0 Å². The summed E-state index contributed by atoms with van der Waals surface area (Å²) in [4.78, 5) is 8.76. The fraction of sp³-hybridized carbons (Fsp3) is 0.273. The van der Waals surface area contributed by atoms with Crippen molar-refractivity contribution in [3.8, 4) is 18.1 Å². The highest BCUT2D eigenvalue weighted by atomic mass is 32.2. The highest BCUT2D eigenvalue weighted by molar-refractivity contribution is 7.81. The third-order valence-electron chi connectivity index (χ3n) is 4.97. The molecule has 1 saturated heterocycles. The minimum absolute atomic E-state index is 0.112. The third-order valence-corrected chi connectivity index (χ3v) is 6.06. The molecule has 1 aliphatic rings. The molecule has 2 aromatic carbocycles. The Labute approximate surface area is 172 Å². The summed E-state index contributed by atoms with van der Waals surface area (Å²) >= 11 is 0. The Morgan fingerprint density at radius 3 is 2.79 bits per heavy atom. The van der Waals surface area contributed by atoms with E-state index in [1.165, 1.54) is 6.33 Å². The molecular weight excluding hydrogens is 384 g/mol. The Balaban J connectivity index is 1.54. The number of piperidine rings is 1. The number of fused-ring (bicyclic) bond motifs is 1. The van der Waals surface area contributed by atoms with Gasteiger partial charge in [0.25, 0.3) is 0 Å². The van der Waals surface area contributed by atoms with E-state index in [2.05, 4.69) is 21.2 Å². The smallest absolute Gasteiger partial charge is 0.141 e. The molecule has 148 valence electrons. The van der Waals surface area contributed by atoms with Gasteiger partial charge in [0.1, 0.15) is 24.0 Å². The summed E-state index contributed by atoms with van der Waals surface area (Å²) < 4.78 is 19.8. The average Bonchev–Trinajstić information content (AvgIpc) is 2.75. The van der Waals surface area contributed by atoms with Gasteiger partial charge in [-0.1, -0.05) is 12.0 Å². The number of nitrogens with one attached hydrogen (secondary N) is 1. The van der Waals surface area contributed by atoms with Crippen molar-refractivity contribution in [1.82, 2.24) is 14.3 Å².